The van der Waals surface area contributed by atoms with Gasteiger partial charge in [-0.2, -0.15) is 0 Å². The predicted octanol–water partition coefficient (Wildman–Crippen LogP) is 5.32. The van der Waals surface area contributed by atoms with E-state index in [4.69, 9.17) is 0 Å². The van der Waals surface area contributed by atoms with Crippen LogP contribution in [0.2, 0.25) is 5.21 Å². The van der Waals surface area contributed by atoms with Crippen LogP contribution in [0.4, 0.5) is 17.1 Å². The Morgan fingerprint density at radius 2 is 1.83 bits per heavy atom. The number of rotatable bonds is 13. The fourth-order valence-corrected chi connectivity index (χ4v) is 8.91. The Morgan fingerprint density at radius 1 is 1.07 bits per heavy atom. The van der Waals surface area contributed by atoms with Crippen LogP contribution in [0.1, 0.15) is 41.3 Å². The number of hydrogen-bond acceptors (Lipinski definition) is 8. The van der Waals surface area contributed by atoms with Gasteiger partial charge in [0.05, 0.1) is 0 Å². The van der Waals surface area contributed by atoms with Crippen LogP contribution >= 0.6 is 10.8 Å². The van der Waals surface area contributed by atoms with Gasteiger partial charge < -0.3 is 0 Å². The molecule has 1 aliphatic rings. The standard InChI is InChI=1S/C30H38AsN4O6S/c1-2-32-25-17-24(18-27(19-25)34-13-6-7-14-42(34,40)41)30(37)33-28(16-22-9-4-3-5-10-22)29(36)21-31-20-23-11-8-12-26(15-23)35(38)39/h3-5,8-12,15,17-19,28-29,32,36,40-41H,2,6-7,13-14,16,20-21H2,1H3,(H,33,37). The average molecular weight is 658 g/mol. The molecule has 1 fully saturated rings. The van der Waals surface area contributed by atoms with Gasteiger partial charge in [0.25, 0.3) is 0 Å². The van der Waals surface area contributed by atoms with Gasteiger partial charge in [-0.05, 0) is 0 Å². The van der Waals surface area contributed by atoms with E-state index < -0.39 is 27.8 Å². The van der Waals surface area contributed by atoms with Crippen LogP contribution in [0.15, 0.2) is 72.8 Å². The number of aliphatic hydroxyl groups excluding tert-OH is 1. The van der Waals surface area contributed by atoms with Crippen molar-refractivity contribution in [2.75, 3.05) is 28.5 Å². The number of carbonyl (C=O) groups excluding carboxylic acids is 1. The number of carbonyl (C=O) groups is 1. The summed E-state index contributed by atoms with van der Waals surface area (Å²) >= 11 is -0.381. The fraction of sp³-hybridized carbons (Fsp3) is 0.367. The SMILES string of the molecule is CCNc1cc(C(=O)NC(Cc2ccccc2)C(O)C[As]Cc2cccc([N+](=O)[O-])c2)cc(N2CCCCS2(O)O)c1. The first-order chi connectivity index (χ1) is 20.2. The molecule has 0 aliphatic carbocycles. The minimum absolute atomic E-state index is 0.0495. The van der Waals surface area contributed by atoms with Crippen molar-refractivity contribution in [3.63, 3.8) is 0 Å². The molecule has 0 bridgehead atoms. The number of nitrogens with zero attached hydrogens (tertiary/aromatic N) is 2. The molecule has 1 aliphatic heterocycles. The molecule has 0 aromatic heterocycles. The van der Waals surface area contributed by atoms with E-state index in [9.17, 15) is 29.1 Å². The molecule has 4 rings (SSSR count). The Hall–Kier alpha value is -3.08. The van der Waals surface area contributed by atoms with Crippen molar-refractivity contribution in [1.82, 2.24) is 5.32 Å². The Morgan fingerprint density at radius 3 is 2.55 bits per heavy atom. The molecule has 225 valence electrons. The zero-order valence-electron chi connectivity index (χ0n) is 23.6. The molecule has 1 saturated heterocycles. The molecule has 0 spiro atoms. The van der Waals surface area contributed by atoms with Crippen LogP contribution in [0.5, 0.6) is 0 Å². The number of anilines is 2. The van der Waals surface area contributed by atoms with Crippen molar-refractivity contribution in [1.29, 1.82) is 0 Å². The van der Waals surface area contributed by atoms with Crippen LogP contribution in [0.3, 0.4) is 0 Å². The molecule has 5 N–H and O–H groups in total. The Balaban J connectivity index is 1.52. The summed E-state index contributed by atoms with van der Waals surface area (Å²) in [5, 5.41) is 29.8. The number of hydrogen-bond donors (Lipinski definition) is 5. The van der Waals surface area contributed by atoms with Gasteiger partial charge in [-0.3, -0.25) is 0 Å². The number of amides is 1. The van der Waals surface area contributed by atoms with Crippen LogP contribution < -0.4 is 14.9 Å². The summed E-state index contributed by atoms with van der Waals surface area (Å²) in [5.41, 5.74) is 3.51. The average Bonchev–Trinajstić information content (AvgIpc) is 2.97. The Bertz CT molecular complexity index is 1360. The molecular weight excluding hydrogens is 619 g/mol. The molecule has 1 radical (unpaired) electrons. The zero-order valence-corrected chi connectivity index (χ0v) is 26.2. The fourth-order valence-electron chi connectivity index (χ4n) is 4.92. The minimum atomic E-state index is -2.97. The van der Waals surface area contributed by atoms with E-state index >= 15 is 0 Å². The van der Waals surface area contributed by atoms with Gasteiger partial charge in [-0.1, -0.05) is 0 Å². The Labute approximate surface area is 254 Å². The topological polar surface area (TPSA) is 148 Å². The van der Waals surface area contributed by atoms with Crippen LogP contribution in [0.25, 0.3) is 0 Å². The van der Waals surface area contributed by atoms with Gasteiger partial charge in [-0.25, -0.2) is 0 Å². The number of nitrogens with one attached hydrogen (secondary N) is 2. The third kappa shape index (κ3) is 8.72. The third-order valence-electron chi connectivity index (χ3n) is 7.04. The molecule has 1 heterocycles. The van der Waals surface area contributed by atoms with Crippen LogP contribution in [-0.4, -0.2) is 71.8 Å². The van der Waals surface area contributed by atoms with Crippen molar-refractivity contribution in [3.8, 4) is 0 Å². The van der Waals surface area contributed by atoms with E-state index in [0.29, 0.717) is 52.6 Å². The van der Waals surface area contributed by atoms with Crippen molar-refractivity contribution in [2.24, 2.45) is 0 Å². The van der Waals surface area contributed by atoms with Crippen molar-refractivity contribution < 1.29 is 23.9 Å². The number of nitro benzene ring substituents is 1. The second-order valence-electron chi connectivity index (χ2n) is 10.3. The molecule has 2 unspecified atom stereocenters. The predicted molar refractivity (Wildman–Crippen MR) is 170 cm³/mol. The van der Waals surface area contributed by atoms with E-state index in [-0.39, 0.29) is 27.3 Å². The van der Waals surface area contributed by atoms with E-state index in [2.05, 4.69) is 10.6 Å². The number of nitro groups is 1. The zero-order chi connectivity index (χ0) is 30.1. The molecule has 42 heavy (non-hydrogen) atoms. The second kappa shape index (κ2) is 14.9. The number of non-ortho nitro benzene ring substituents is 1. The molecule has 1 amide bonds. The molecule has 10 nitrogen and oxygen atoms in total. The van der Waals surface area contributed by atoms with Crippen molar-refractivity contribution in [3.05, 3.63) is 99.6 Å². The quantitative estimate of drug-likeness (QED) is 0.0943. The normalized spacial score (nSPS) is 17.0. The summed E-state index contributed by atoms with van der Waals surface area (Å²) in [4.78, 5) is 24.4. The second-order valence-corrected chi connectivity index (χ2v) is 14.8. The molecule has 12 heteroatoms. The third-order valence-corrected chi connectivity index (χ3v) is 11.5. The maximum absolute atomic E-state index is 13.7. The molecule has 3 aromatic carbocycles. The maximum atomic E-state index is 13.7. The Kier molecular flexibility index (Phi) is 11.3. The summed E-state index contributed by atoms with van der Waals surface area (Å²) in [6.07, 6.45) is 1.17. The summed E-state index contributed by atoms with van der Waals surface area (Å²) in [5.74, 6) is -0.0658. The van der Waals surface area contributed by atoms with Gasteiger partial charge in [0.2, 0.25) is 0 Å². The first kappa shape index (κ1) is 31.8. The monoisotopic (exact) mass is 657 g/mol. The first-order valence-electron chi connectivity index (χ1n) is 14.0. The van der Waals surface area contributed by atoms with Gasteiger partial charge >= 0.3 is 256 Å². The van der Waals surface area contributed by atoms with Gasteiger partial charge in [0.1, 0.15) is 0 Å². The van der Waals surface area contributed by atoms with Gasteiger partial charge in [0.15, 0.2) is 0 Å². The number of benzene rings is 3. The summed E-state index contributed by atoms with van der Waals surface area (Å²) < 4.78 is 23.0. The van der Waals surface area contributed by atoms with Crippen molar-refractivity contribution in [2.45, 2.75) is 48.7 Å². The summed E-state index contributed by atoms with van der Waals surface area (Å²) in [7, 11) is -2.97. The van der Waals surface area contributed by atoms with E-state index in [0.717, 1.165) is 24.0 Å². The molecule has 2 atom stereocenters. The molecule has 0 saturated carbocycles. The first-order valence-corrected chi connectivity index (χ1v) is 18.3. The van der Waals surface area contributed by atoms with Crippen molar-refractivity contribution >= 4 is 49.5 Å². The van der Waals surface area contributed by atoms with E-state index in [1.54, 1.807) is 28.6 Å². The molecular formula is C30H38AsN4O6S. The van der Waals surface area contributed by atoms with Gasteiger partial charge in [0, 0.05) is 0 Å². The summed E-state index contributed by atoms with van der Waals surface area (Å²) in [6, 6.07) is 20.9. The van der Waals surface area contributed by atoms with Crippen LogP contribution in [0, 0.1) is 10.1 Å². The van der Waals surface area contributed by atoms with E-state index in [1.807, 2.05) is 49.4 Å². The van der Waals surface area contributed by atoms with Crippen LogP contribution in [-0.2, 0) is 11.6 Å². The number of aliphatic hydroxyl groups is 1. The van der Waals surface area contributed by atoms with Gasteiger partial charge in [-0.15, -0.1) is 0 Å². The van der Waals surface area contributed by atoms with E-state index in [1.165, 1.54) is 6.07 Å². The molecule has 3 aromatic rings. The summed E-state index contributed by atoms with van der Waals surface area (Å²) in [6.45, 7) is 3.06.